The highest BCUT2D eigenvalue weighted by Crippen LogP contribution is 2.24. The highest BCUT2D eigenvalue weighted by molar-refractivity contribution is 5.68. The van der Waals surface area contributed by atoms with Crippen LogP contribution in [0.3, 0.4) is 0 Å². The number of carbonyl (C=O) groups excluding carboxylic acids is 1. The molecule has 3 atom stereocenters. The Balaban J connectivity index is 1.82. The minimum Gasteiger partial charge on any atom is -0.444 e. The van der Waals surface area contributed by atoms with Crippen LogP contribution in [0.25, 0.3) is 0 Å². The number of likely N-dealkylation sites (tertiary alicyclic amines) is 1. The van der Waals surface area contributed by atoms with E-state index in [1.54, 1.807) is 0 Å². The molecule has 7 nitrogen and oxygen atoms in total. The second kappa shape index (κ2) is 6.93. The van der Waals surface area contributed by atoms with Crippen LogP contribution < -0.4 is 0 Å². The molecule has 0 saturated carbocycles. The summed E-state index contributed by atoms with van der Waals surface area (Å²) >= 11 is 0. The Morgan fingerprint density at radius 2 is 2.04 bits per heavy atom. The molecule has 2 rings (SSSR count). The Hall–Kier alpha value is -0.890. The van der Waals surface area contributed by atoms with E-state index in [-0.39, 0.29) is 18.8 Å². The Kier molecular flexibility index (Phi) is 5.56. The van der Waals surface area contributed by atoms with Crippen molar-refractivity contribution in [3.8, 4) is 0 Å². The van der Waals surface area contributed by atoms with Crippen molar-refractivity contribution in [3.05, 3.63) is 0 Å². The van der Waals surface area contributed by atoms with E-state index < -0.39 is 23.6 Å². The molecule has 23 heavy (non-hydrogen) atoms. The highest BCUT2D eigenvalue weighted by atomic mass is 16.7. The number of hydrogen-bond acceptors (Lipinski definition) is 6. The van der Waals surface area contributed by atoms with E-state index in [4.69, 9.17) is 18.9 Å². The monoisotopic (exact) mass is 331 g/mol. The van der Waals surface area contributed by atoms with E-state index in [9.17, 15) is 9.90 Å². The molecule has 0 aromatic heterocycles. The molecule has 0 bridgehead atoms. The van der Waals surface area contributed by atoms with Crippen LogP contribution in [0.4, 0.5) is 4.79 Å². The van der Waals surface area contributed by atoms with E-state index in [1.807, 2.05) is 34.6 Å². The average Bonchev–Trinajstić information content (AvgIpc) is 2.73. The summed E-state index contributed by atoms with van der Waals surface area (Å²) in [6, 6.07) is 0. The molecule has 0 radical (unpaired) electrons. The lowest BCUT2D eigenvalue weighted by Gasteiger charge is -2.36. The number of rotatable bonds is 3. The third kappa shape index (κ3) is 5.91. The number of hydrogen-bond donors (Lipinski definition) is 1. The van der Waals surface area contributed by atoms with Gasteiger partial charge in [0.1, 0.15) is 11.7 Å². The number of nitrogens with zero attached hydrogens (tertiary/aromatic N) is 1. The lowest BCUT2D eigenvalue weighted by molar-refractivity contribution is -0.150. The van der Waals surface area contributed by atoms with Gasteiger partial charge in [0, 0.05) is 6.42 Å². The molecule has 2 aliphatic rings. The van der Waals surface area contributed by atoms with E-state index in [0.29, 0.717) is 26.2 Å². The van der Waals surface area contributed by atoms with Gasteiger partial charge in [-0.2, -0.15) is 0 Å². The molecular weight excluding hydrogens is 302 g/mol. The standard InChI is InChI=1S/C16H29NO6/c1-15(2,3)23-14(19)17-7-11(18)6-12(8-17)20-9-13-10-21-16(4,5)22-13/h11-13,18H,6-10H2,1-5H3/t11?,12?,13-/m0/s1. The molecule has 2 unspecified atom stereocenters. The minimum absolute atomic E-state index is 0.126. The largest absolute Gasteiger partial charge is 0.444 e. The zero-order valence-corrected chi connectivity index (χ0v) is 14.7. The summed E-state index contributed by atoms with van der Waals surface area (Å²) in [5.74, 6) is -0.581. The molecule has 0 spiro atoms. The van der Waals surface area contributed by atoms with Gasteiger partial charge in [-0.05, 0) is 34.6 Å². The molecule has 2 saturated heterocycles. The predicted molar refractivity (Wildman–Crippen MR) is 83.1 cm³/mol. The maximum absolute atomic E-state index is 12.1. The molecule has 2 heterocycles. The molecular formula is C16H29NO6. The molecule has 1 N–H and O–H groups in total. The topological polar surface area (TPSA) is 77.5 Å². The van der Waals surface area contributed by atoms with Crippen LogP contribution in [-0.4, -0.2) is 72.1 Å². The van der Waals surface area contributed by atoms with Gasteiger partial charge in [0.2, 0.25) is 0 Å². The normalized spacial score (nSPS) is 31.2. The number of piperidine rings is 1. The third-order valence-electron chi connectivity index (χ3n) is 3.63. The number of ether oxygens (including phenoxy) is 4. The Morgan fingerprint density at radius 3 is 2.61 bits per heavy atom. The van der Waals surface area contributed by atoms with Crippen molar-refractivity contribution >= 4 is 6.09 Å². The number of amides is 1. The first-order chi connectivity index (χ1) is 10.5. The summed E-state index contributed by atoms with van der Waals surface area (Å²) in [6.07, 6.45) is -0.904. The molecule has 134 valence electrons. The average molecular weight is 331 g/mol. The molecule has 0 aromatic rings. The maximum atomic E-state index is 12.1. The van der Waals surface area contributed by atoms with Gasteiger partial charge >= 0.3 is 6.09 Å². The highest BCUT2D eigenvalue weighted by Gasteiger charge is 2.35. The summed E-state index contributed by atoms with van der Waals surface area (Å²) in [6.45, 7) is 10.7. The quantitative estimate of drug-likeness (QED) is 0.845. The van der Waals surface area contributed by atoms with Gasteiger partial charge < -0.3 is 29.0 Å². The fraction of sp³-hybridized carbons (Fsp3) is 0.938. The zero-order chi connectivity index (χ0) is 17.3. The predicted octanol–water partition coefficient (Wildman–Crippen LogP) is 1.52. The number of β-amino-alcohol motifs (C(OH)–C–C–N with tert-alkyl or cyclic N) is 1. The Morgan fingerprint density at radius 1 is 1.35 bits per heavy atom. The second-order valence-electron chi connectivity index (χ2n) is 7.68. The Labute approximate surface area is 137 Å². The van der Waals surface area contributed by atoms with Gasteiger partial charge in [-0.25, -0.2) is 4.79 Å². The first-order valence-corrected chi connectivity index (χ1v) is 8.13. The fourth-order valence-electron chi connectivity index (χ4n) is 2.71. The molecule has 0 aliphatic carbocycles. The maximum Gasteiger partial charge on any atom is 0.410 e. The van der Waals surface area contributed by atoms with Gasteiger partial charge in [-0.1, -0.05) is 0 Å². The minimum atomic E-state index is -0.613. The summed E-state index contributed by atoms with van der Waals surface area (Å²) in [5, 5.41) is 9.99. The summed E-state index contributed by atoms with van der Waals surface area (Å²) in [5.41, 5.74) is -0.559. The van der Waals surface area contributed by atoms with Crippen molar-refractivity contribution in [2.45, 2.75) is 70.7 Å². The van der Waals surface area contributed by atoms with Gasteiger partial charge in [0.15, 0.2) is 5.79 Å². The van der Waals surface area contributed by atoms with Crippen LogP contribution in [0.1, 0.15) is 41.0 Å². The number of aliphatic hydroxyl groups is 1. The van der Waals surface area contributed by atoms with Gasteiger partial charge in [0.05, 0.1) is 38.5 Å². The fourth-order valence-corrected chi connectivity index (χ4v) is 2.71. The van der Waals surface area contributed by atoms with Gasteiger partial charge in [-0.3, -0.25) is 0 Å². The van der Waals surface area contributed by atoms with E-state index >= 15 is 0 Å². The third-order valence-corrected chi connectivity index (χ3v) is 3.63. The van der Waals surface area contributed by atoms with E-state index in [0.717, 1.165) is 0 Å². The van der Waals surface area contributed by atoms with Crippen molar-refractivity contribution in [1.82, 2.24) is 4.90 Å². The lowest BCUT2D eigenvalue weighted by Crippen LogP contribution is -2.51. The van der Waals surface area contributed by atoms with E-state index in [2.05, 4.69) is 0 Å². The van der Waals surface area contributed by atoms with Gasteiger partial charge in [-0.15, -0.1) is 0 Å². The first kappa shape index (κ1) is 18.4. The van der Waals surface area contributed by atoms with Crippen LogP contribution in [0.5, 0.6) is 0 Å². The Bertz CT molecular complexity index is 419. The van der Waals surface area contributed by atoms with Gasteiger partial charge in [0.25, 0.3) is 0 Å². The molecule has 7 heteroatoms. The lowest BCUT2D eigenvalue weighted by atomic mass is 10.1. The smallest absolute Gasteiger partial charge is 0.410 e. The van der Waals surface area contributed by atoms with Crippen molar-refractivity contribution in [2.24, 2.45) is 0 Å². The zero-order valence-electron chi connectivity index (χ0n) is 14.7. The van der Waals surface area contributed by atoms with E-state index in [1.165, 1.54) is 4.90 Å². The van der Waals surface area contributed by atoms with Crippen molar-refractivity contribution in [3.63, 3.8) is 0 Å². The SMILES string of the molecule is CC(C)(C)OC(=O)N1CC(O)CC(OC[C@H]2COC(C)(C)O2)C1. The second-order valence-corrected chi connectivity index (χ2v) is 7.68. The van der Waals surface area contributed by atoms with Crippen LogP contribution in [0.15, 0.2) is 0 Å². The number of carbonyl (C=O) groups is 1. The van der Waals surface area contributed by atoms with Crippen LogP contribution in [0.2, 0.25) is 0 Å². The van der Waals surface area contributed by atoms with Crippen LogP contribution in [0, 0.1) is 0 Å². The summed E-state index contributed by atoms with van der Waals surface area (Å²) in [4.78, 5) is 13.6. The number of aliphatic hydroxyl groups excluding tert-OH is 1. The van der Waals surface area contributed by atoms with Crippen LogP contribution in [-0.2, 0) is 18.9 Å². The van der Waals surface area contributed by atoms with Crippen LogP contribution >= 0.6 is 0 Å². The molecule has 2 fully saturated rings. The van der Waals surface area contributed by atoms with Crippen molar-refractivity contribution < 1.29 is 28.8 Å². The summed E-state index contributed by atoms with van der Waals surface area (Å²) < 4.78 is 22.4. The molecule has 2 aliphatic heterocycles. The first-order valence-electron chi connectivity index (χ1n) is 8.13. The van der Waals surface area contributed by atoms with Crippen molar-refractivity contribution in [1.29, 1.82) is 0 Å². The molecule has 0 aromatic carbocycles. The molecule has 1 amide bonds. The summed E-state index contributed by atoms with van der Waals surface area (Å²) in [7, 11) is 0. The van der Waals surface area contributed by atoms with Crippen molar-refractivity contribution in [2.75, 3.05) is 26.3 Å².